The maximum absolute atomic E-state index is 12.2. The Morgan fingerprint density at radius 1 is 1.45 bits per heavy atom. The zero-order valence-corrected chi connectivity index (χ0v) is 11.7. The zero-order valence-electron chi connectivity index (χ0n) is 10.2. The molecule has 0 heterocycles. The molecule has 0 saturated heterocycles. The average molecular weight is 316 g/mol. The fourth-order valence-corrected chi connectivity index (χ4v) is 3.79. The van der Waals surface area contributed by atoms with Crippen molar-refractivity contribution in [1.29, 1.82) is 5.26 Å². The fourth-order valence-electron chi connectivity index (χ4n) is 1.89. The van der Waals surface area contributed by atoms with Crippen LogP contribution >= 0.6 is 11.6 Å². The Morgan fingerprint density at radius 2 is 2.10 bits per heavy atom. The van der Waals surface area contributed by atoms with Crippen LogP contribution in [0.15, 0.2) is 23.1 Å². The maximum atomic E-state index is 12.2. The van der Waals surface area contributed by atoms with Gasteiger partial charge in [0, 0.05) is 12.1 Å². The molecule has 0 bridgehead atoms. The van der Waals surface area contributed by atoms with Gasteiger partial charge in [-0.05, 0) is 25.3 Å². The SMILES string of the molecule is N#CC1(NS(=O)(=O)c2cc([N+](=O)[O-])ccc2Cl)CCC1. The molecule has 1 aliphatic carbocycles. The van der Waals surface area contributed by atoms with E-state index >= 15 is 0 Å². The minimum Gasteiger partial charge on any atom is -0.258 e. The van der Waals surface area contributed by atoms with E-state index in [9.17, 15) is 18.5 Å². The van der Waals surface area contributed by atoms with Crippen LogP contribution in [0.1, 0.15) is 19.3 Å². The molecular formula is C11H10ClN3O4S. The van der Waals surface area contributed by atoms with Gasteiger partial charge < -0.3 is 0 Å². The highest BCUT2D eigenvalue weighted by molar-refractivity contribution is 7.89. The van der Waals surface area contributed by atoms with Crippen LogP contribution in [-0.4, -0.2) is 18.9 Å². The first-order valence-corrected chi connectivity index (χ1v) is 7.55. The number of nitrogens with one attached hydrogen (secondary N) is 1. The molecule has 0 atom stereocenters. The highest BCUT2D eigenvalue weighted by Gasteiger charge is 2.41. The van der Waals surface area contributed by atoms with Gasteiger partial charge in [0.1, 0.15) is 10.4 Å². The van der Waals surface area contributed by atoms with Crippen molar-refractivity contribution < 1.29 is 13.3 Å². The van der Waals surface area contributed by atoms with E-state index in [4.69, 9.17) is 16.9 Å². The van der Waals surface area contributed by atoms with Gasteiger partial charge in [-0.3, -0.25) is 10.1 Å². The topological polar surface area (TPSA) is 113 Å². The molecular weight excluding hydrogens is 306 g/mol. The van der Waals surface area contributed by atoms with E-state index < -0.39 is 25.4 Å². The van der Waals surface area contributed by atoms with Crippen LogP contribution in [0.5, 0.6) is 0 Å². The number of sulfonamides is 1. The van der Waals surface area contributed by atoms with Crippen molar-refractivity contribution in [3.63, 3.8) is 0 Å². The summed E-state index contributed by atoms with van der Waals surface area (Å²) in [5.74, 6) is 0. The standard InChI is InChI=1S/C11H10ClN3O4S/c12-9-3-2-8(15(16)17)6-10(9)20(18,19)14-11(7-13)4-1-5-11/h2-3,6,14H,1,4-5H2. The van der Waals surface area contributed by atoms with Crippen molar-refractivity contribution in [3.8, 4) is 6.07 Å². The zero-order chi connectivity index (χ0) is 15.0. The first-order chi connectivity index (χ1) is 9.30. The second kappa shape index (κ2) is 5.01. The van der Waals surface area contributed by atoms with Gasteiger partial charge in [-0.2, -0.15) is 9.98 Å². The van der Waals surface area contributed by atoms with Gasteiger partial charge in [-0.25, -0.2) is 8.42 Å². The summed E-state index contributed by atoms with van der Waals surface area (Å²) >= 11 is 5.79. The quantitative estimate of drug-likeness (QED) is 0.674. The third-order valence-corrected chi connectivity index (χ3v) is 5.18. The lowest BCUT2D eigenvalue weighted by Crippen LogP contribution is -2.52. The van der Waals surface area contributed by atoms with E-state index in [-0.39, 0.29) is 10.7 Å². The van der Waals surface area contributed by atoms with Crippen LogP contribution in [0.25, 0.3) is 0 Å². The number of non-ortho nitro benzene ring substituents is 1. The molecule has 7 nitrogen and oxygen atoms in total. The summed E-state index contributed by atoms with van der Waals surface area (Å²) in [6.45, 7) is 0. The first kappa shape index (κ1) is 14.7. The lowest BCUT2D eigenvalue weighted by Gasteiger charge is -2.35. The summed E-state index contributed by atoms with van der Waals surface area (Å²) in [5, 5.41) is 19.6. The normalized spacial score (nSPS) is 17.0. The van der Waals surface area contributed by atoms with E-state index in [1.807, 2.05) is 6.07 Å². The smallest absolute Gasteiger partial charge is 0.258 e. The van der Waals surface area contributed by atoms with Crippen LogP contribution in [-0.2, 0) is 10.0 Å². The van der Waals surface area contributed by atoms with E-state index in [0.717, 1.165) is 24.6 Å². The monoisotopic (exact) mass is 315 g/mol. The lowest BCUT2D eigenvalue weighted by atomic mass is 9.79. The van der Waals surface area contributed by atoms with Crippen LogP contribution in [0, 0.1) is 21.4 Å². The Bertz CT molecular complexity index is 707. The molecule has 20 heavy (non-hydrogen) atoms. The number of benzene rings is 1. The molecule has 2 rings (SSSR count). The molecule has 1 saturated carbocycles. The molecule has 0 radical (unpaired) electrons. The van der Waals surface area contributed by atoms with Gasteiger partial charge in [0.15, 0.2) is 0 Å². The van der Waals surface area contributed by atoms with Gasteiger partial charge in [0.05, 0.1) is 16.0 Å². The van der Waals surface area contributed by atoms with Crippen molar-refractivity contribution in [3.05, 3.63) is 33.3 Å². The van der Waals surface area contributed by atoms with Crippen LogP contribution in [0.2, 0.25) is 5.02 Å². The number of nitro groups is 1. The number of rotatable bonds is 4. The van der Waals surface area contributed by atoms with Crippen molar-refractivity contribution in [2.75, 3.05) is 0 Å². The Labute approximate surface area is 120 Å². The largest absolute Gasteiger partial charge is 0.270 e. The number of nitro benzene ring substituents is 1. The molecule has 0 amide bonds. The Kier molecular flexibility index (Phi) is 3.69. The van der Waals surface area contributed by atoms with Gasteiger partial charge in [-0.15, -0.1) is 0 Å². The van der Waals surface area contributed by atoms with Crippen LogP contribution in [0.4, 0.5) is 5.69 Å². The molecule has 1 N–H and O–H groups in total. The molecule has 0 spiro atoms. The van der Waals surface area contributed by atoms with Gasteiger partial charge in [-0.1, -0.05) is 11.6 Å². The third kappa shape index (κ3) is 2.60. The third-order valence-electron chi connectivity index (χ3n) is 3.17. The van der Waals surface area contributed by atoms with Gasteiger partial charge in [0.2, 0.25) is 10.0 Å². The fraction of sp³-hybridized carbons (Fsp3) is 0.364. The molecule has 1 aromatic carbocycles. The lowest BCUT2D eigenvalue weighted by molar-refractivity contribution is -0.385. The number of halogens is 1. The first-order valence-electron chi connectivity index (χ1n) is 5.69. The van der Waals surface area contributed by atoms with Crippen molar-refractivity contribution >= 4 is 27.3 Å². The summed E-state index contributed by atoms with van der Waals surface area (Å²) in [5.41, 5.74) is -1.51. The summed E-state index contributed by atoms with van der Waals surface area (Å²) < 4.78 is 26.7. The highest BCUT2D eigenvalue weighted by Crippen LogP contribution is 2.34. The Morgan fingerprint density at radius 3 is 2.55 bits per heavy atom. The number of nitriles is 1. The van der Waals surface area contributed by atoms with E-state index in [2.05, 4.69) is 4.72 Å². The minimum absolute atomic E-state index is 0.129. The van der Waals surface area contributed by atoms with Crippen molar-refractivity contribution in [2.24, 2.45) is 0 Å². The summed E-state index contributed by atoms with van der Waals surface area (Å²) in [6.07, 6.45) is 1.57. The number of hydrogen-bond acceptors (Lipinski definition) is 5. The highest BCUT2D eigenvalue weighted by atomic mass is 35.5. The van der Waals surface area contributed by atoms with Gasteiger partial charge >= 0.3 is 0 Å². The number of hydrogen-bond donors (Lipinski definition) is 1. The van der Waals surface area contributed by atoms with Crippen LogP contribution < -0.4 is 4.72 Å². The predicted molar refractivity (Wildman–Crippen MR) is 70.6 cm³/mol. The molecule has 0 aliphatic heterocycles. The summed E-state index contributed by atoms with van der Waals surface area (Å²) in [6, 6.07) is 5.08. The van der Waals surface area contributed by atoms with E-state index in [1.54, 1.807) is 0 Å². The molecule has 0 unspecified atom stereocenters. The average Bonchev–Trinajstić information content (AvgIpc) is 2.34. The molecule has 1 aromatic rings. The van der Waals surface area contributed by atoms with E-state index in [1.165, 1.54) is 0 Å². The molecule has 0 aromatic heterocycles. The van der Waals surface area contributed by atoms with Crippen LogP contribution in [0.3, 0.4) is 0 Å². The Hall–Kier alpha value is -1.69. The second-order valence-corrected chi connectivity index (χ2v) is 6.58. The molecule has 106 valence electrons. The summed E-state index contributed by atoms with van der Waals surface area (Å²) in [7, 11) is -4.09. The minimum atomic E-state index is -4.09. The number of nitrogens with zero attached hydrogens (tertiary/aromatic N) is 2. The van der Waals surface area contributed by atoms with E-state index in [0.29, 0.717) is 12.8 Å². The molecule has 1 fully saturated rings. The van der Waals surface area contributed by atoms with Crippen molar-refractivity contribution in [2.45, 2.75) is 29.7 Å². The molecule has 9 heteroatoms. The summed E-state index contributed by atoms with van der Waals surface area (Å²) in [4.78, 5) is 9.59. The van der Waals surface area contributed by atoms with Crippen molar-refractivity contribution in [1.82, 2.24) is 4.72 Å². The second-order valence-electron chi connectivity index (χ2n) is 4.52. The van der Waals surface area contributed by atoms with Gasteiger partial charge in [0.25, 0.3) is 5.69 Å². The molecule has 1 aliphatic rings. The Balaban J connectivity index is 2.42. The maximum Gasteiger partial charge on any atom is 0.270 e. The predicted octanol–water partition coefficient (Wildman–Crippen LogP) is 1.97.